The summed E-state index contributed by atoms with van der Waals surface area (Å²) in [7, 11) is 0. The molecule has 5 heteroatoms. The van der Waals surface area contributed by atoms with Crippen LogP contribution in [0.15, 0.2) is 30.3 Å². The Morgan fingerprint density at radius 1 is 1.33 bits per heavy atom. The van der Waals surface area contributed by atoms with Crippen LogP contribution in [0.3, 0.4) is 0 Å². The monoisotopic (exact) mass is 232 g/mol. The fraction of sp³-hybridized carbons (Fsp3) is 0. The van der Waals surface area contributed by atoms with Crippen molar-refractivity contribution in [2.75, 3.05) is 0 Å². The van der Waals surface area contributed by atoms with Gasteiger partial charge in [-0.15, -0.1) is 0 Å². The van der Waals surface area contributed by atoms with E-state index in [9.17, 15) is 19.1 Å². The molecule has 0 aromatic heterocycles. The van der Waals surface area contributed by atoms with Crippen LogP contribution in [0.4, 0.5) is 4.39 Å². The van der Waals surface area contributed by atoms with Crippen LogP contribution >= 0.6 is 0 Å². The van der Waals surface area contributed by atoms with Crippen LogP contribution in [0.2, 0.25) is 0 Å². The van der Waals surface area contributed by atoms with Crippen molar-refractivity contribution < 1.29 is 70.5 Å². The molecule has 72 valence electrons. The summed E-state index contributed by atoms with van der Waals surface area (Å²) in [4.78, 5) is 20.6. The van der Waals surface area contributed by atoms with E-state index in [1.165, 1.54) is 24.3 Å². The minimum atomic E-state index is -1.78. The molecular formula is C10H6FKO3. The Morgan fingerprint density at radius 2 is 2.00 bits per heavy atom. The Morgan fingerprint density at radius 3 is 2.53 bits per heavy atom. The molecule has 3 nitrogen and oxygen atoms in total. The summed E-state index contributed by atoms with van der Waals surface area (Å²) in [6.07, 6.45) is 2.03. The molecule has 15 heavy (non-hydrogen) atoms. The minimum absolute atomic E-state index is 0. The fourth-order valence-corrected chi connectivity index (χ4v) is 0.850. The van der Waals surface area contributed by atoms with Gasteiger partial charge in [-0.2, -0.15) is 0 Å². The molecule has 0 N–H and O–H groups in total. The number of halogens is 1. The molecule has 0 aliphatic carbocycles. The molecule has 1 aromatic rings. The summed E-state index contributed by atoms with van der Waals surface area (Å²) in [5, 5.41) is 10.0. The normalized spacial score (nSPS) is 9.67. The molecular weight excluding hydrogens is 226 g/mol. The number of carboxylic acids is 1. The standard InChI is InChI=1S/C10H7FO3.K/c11-8-3-1-2-7(6-8)4-5-9(12)10(13)14;/h1-6H,(H,13,14);/q;+1/p-1. The van der Waals surface area contributed by atoms with Gasteiger partial charge in [-0.3, -0.25) is 4.79 Å². The third kappa shape index (κ3) is 5.34. The molecule has 0 aliphatic heterocycles. The molecule has 1 rings (SSSR count). The van der Waals surface area contributed by atoms with Gasteiger partial charge in [-0.25, -0.2) is 4.39 Å². The van der Waals surface area contributed by atoms with Gasteiger partial charge in [-0.1, -0.05) is 18.2 Å². The van der Waals surface area contributed by atoms with Crippen molar-refractivity contribution in [3.05, 3.63) is 41.7 Å². The van der Waals surface area contributed by atoms with Gasteiger partial charge < -0.3 is 9.90 Å². The van der Waals surface area contributed by atoms with E-state index >= 15 is 0 Å². The zero-order chi connectivity index (χ0) is 10.6. The van der Waals surface area contributed by atoms with Crippen molar-refractivity contribution in [3.8, 4) is 0 Å². The van der Waals surface area contributed by atoms with E-state index in [2.05, 4.69) is 0 Å². The van der Waals surface area contributed by atoms with Crippen molar-refractivity contribution in [2.45, 2.75) is 0 Å². The molecule has 0 aliphatic rings. The predicted octanol–water partition coefficient (Wildman–Crippen LogP) is -2.84. The van der Waals surface area contributed by atoms with E-state index in [4.69, 9.17) is 0 Å². The summed E-state index contributed by atoms with van der Waals surface area (Å²) >= 11 is 0. The average molecular weight is 232 g/mol. The predicted molar refractivity (Wildman–Crippen MR) is 45.4 cm³/mol. The van der Waals surface area contributed by atoms with Crippen LogP contribution < -0.4 is 56.5 Å². The molecule has 0 fully saturated rings. The largest absolute Gasteiger partial charge is 1.00 e. The van der Waals surface area contributed by atoms with Gasteiger partial charge in [0, 0.05) is 0 Å². The zero-order valence-corrected chi connectivity index (χ0v) is 11.2. The second-order valence-corrected chi connectivity index (χ2v) is 2.54. The number of hydrogen-bond donors (Lipinski definition) is 0. The summed E-state index contributed by atoms with van der Waals surface area (Å²) in [5.74, 6) is -3.38. The molecule has 0 amide bonds. The maximum Gasteiger partial charge on any atom is 1.00 e. The van der Waals surface area contributed by atoms with E-state index < -0.39 is 17.6 Å². The van der Waals surface area contributed by atoms with E-state index in [-0.39, 0.29) is 51.4 Å². The second kappa shape index (κ2) is 7.03. The maximum absolute atomic E-state index is 12.6. The first-order valence-corrected chi connectivity index (χ1v) is 3.78. The van der Waals surface area contributed by atoms with Gasteiger partial charge in [0.1, 0.15) is 11.8 Å². The topological polar surface area (TPSA) is 57.2 Å². The molecule has 0 unspecified atom stereocenters. The molecule has 0 radical (unpaired) electrons. The average Bonchev–Trinajstić information content (AvgIpc) is 2.14. The summed E-state index contributed by atoms with van der Waals surface area (Å²) in [6.45, 7) is 0. The third-order valence-electron chi connectivity index (χ3n) is 1.48. The minimum Gasteiger partial charge on any atom is -0.541 e. The Hall–Kier alpha value is -0.334. The first-order valence-electron chi connectivity index (χ1n) is 3.78. The van der Waals surface area contributed by atoms with Crippen LogP contribution in [0.1, 0.15) is 5.56 Å². The van der Waals surface area contributed by atoms with Crippen molar-refractivity contribution in [3.63, 3.8) is 0 Å². The fourth-order valence-electron chi connectivity index (χ4n) is 0.850. The van der Waals surface area contributed by atoms with Gasteiger partial charge >= 0.3 is 51.4 Å². The van der Waals surface area contributed by atoms with Crippen LogP contribution in [0.5, 0.6) is 0 Å². The number of ketones is 1. The Kier molecular flexibility index (Phi) is 6.87. The number of carbonyl (C=O) groups excluding carboxylic acids is 2. The van der Waals surface area contributed by atoms with E-state index in [0.29, 0.717) is 5.56 Å². The van der Waals surface area contributed by atoms with Crippen molar-refractivity contribution in [1.29, 1.82) is 0 Å². The summed E-state index contributed by atoms with van der Waals surface area (Å²) in [6, 6.07) is 5.43. The van der Waals surface area contributed by atoms with Crippen molar-refractivity contribution in [1.82, 2.24) is 0 Å². The van der Waals surface area contributed by atoms with Crippen LogP contribution in [-0.4, -0.2) is 11.8 Å². The van der Waals surface area contributed by atoms with E-state index in [1.807, 2.05) is 0 Å². The SMILES string of the molecule is O=C([O-])C(=O)C=Cc1cccc(F)c1.[K+]. The molecule has 0 saturated carbocycles. The first-order chi connectivity index (χ1) is 6.59. The Labute approximate surface area is 128 Å². The number of aliphatic carboxylic acids is 1. The van der Waals surface area contributed by atoms with Crippen LogP contribution in [0.25, 0.3) is 6.08 Å². The summed E-state index contributed by atoms with van der Waals surface area (Å²) in [5.41, 5.74) is 0.416. The van der Waals surface area contributed by atoms with Gasteiger partial charge in [0.15, 0.2) is 0 Å². The quantitative estimate of drug-likeness (QED) is 0.320. The Bertz CT molecular complexity index is 401. The van der Waals surface area contributed by atoms with Crippen molar-refractivity contribution in [2.24, 2.45) is 0 Å². The smallest absolute Gasteiger partial charge is 0.541 e. The number of carbonyl (C=O) groups is 2. The van der Waals surface area contributed by atoms with Gasteiger partial charge in [0.2, 0.25) is 5.78 Å². The number of hydrogen-bond acceptors (Lipinski definition) is 3. The first kappa shape index (κ1) is 14.7. The number of carboxylic acid groups (broad SMARTS) is 1. The van der Waals surface area contributed by atoms with Crippen LogP contribution in [-0.2, 0) is 9.59 Å². The van der Waals surface area contributed by atoms with Gasteiger partial charge in [0.25, 0.3) is 0 Å². The maximum atomic E-state index is 12.6. The summed E-state index contributed by atoms with van der Waals surface area (Å²) < 4.78 is 12.6. The molecule has 0 heterocycles. The molecule has 0 bridgehead atoms. The molecule has 1 aromatic carbocycles. The van der Waals surface area contributed by atoms with Crippen molar-refractivity contribution >= 4 is 17.8 Å². The third-order valence-corrected chi connectivity index (χ3v) is 1.48. The molecule has 0 atom stereocenters. The van der Waals surface area contributed by atoms with Gasteiger partial charge in [-0.05, 0) is 23.8 Å². The van der Waals surface area contributed by atoms with Crippen LogP contribution in [0, 0.1) is 5.82 Å². The second-order valence-electron chi connectivity index (χ2n) is 2.54. The Balaban J connectivity index is 0.00000196. The zero-order valence-electron chi connectivity index (χ0n) is 8.07. The number of benzene rings is 1. The molecule has 0 spiro atoms. The molecule has 0 saturated heterocycles. The van der Waals surface area contributed by atoms with E-state index in [1.54, 1.807) is 6.07 Å². The van der Waals surface area contributed by atoms with E-state index in [0.717, 1.165) is 6.08 Å². The van der Waals surface area contributed by atoms with Gasteiger partial charge in [0.05, 0.1) is 0 Å². The number of rotatable bonds is 3.